The summed E-state index contributed by atoms with van der Waals surface area (Å²) >= 11 is 1.56. The number of aromatic nitrogens is 3. The van der Waals surface area contributed by atoms with Gasteiger partial charge in [0, 0.05) is 35.9 Å². The number of hydrogen-bond acceptors (Lipinski definition) is 5. The van der Waals surface area contributed by atoms with Crippen molar-refractivity contribution in [3.63, 3.8) is 0 Å². The van der Waals surface area contributed by atoms with Gasteiger partial charge in [-0.1, -0.05) is 30.3 Å². The van der Waals surface area contributed by atoms with E-state index in [0.717, 1.165) is 22.1 Å². The molecule has 0 spiro atoms. The summed E-state index contributed by atoms with van der Waals surface area (Å²) in [5, 5.41) is 2.88. The summed E-state index contributed by atoms with van der Waals surface area (Å²) in [5.41, 5.74) is 2.45. The van der Waals surface area contributed by atoms with E-state index in [1.165, 1.54) is 0 Å². The largest absolute Gasteiger partial charge is 0.486 e. The molecule has 2 aromatic carbocycles. The summed E-state index contributed by atoms with van der Waals surface area (Å²) < 4.78 is 7.63. The van der Waals surface area contributed by atoms with E-state index in [0.29, 0.717) is 17.9 Å². The maximum atomic E-state index is 12.4. The van der Waals surface area contributed by atoms with E-state index in [1.807, 2.05) is 53.5 Å². The molecule has 0 radical (unpaired) electrons. The first kappa shape index (κ1) is 18.8. The second-order valence-electron chi connectivity index (χ2n) is 6.41. The van der Waals surface area contributed by atoms with Gasteiger partial charge in [0.2, 0.25) is 0 Å². The summed E-state index contributed by atoms with van der Waals surface area (Å²) in [6.07, 6.45) is 6.90. The van der Waals surface area contributed by atoms with Gasteiger partial charge in [-0.15, -0.1) is 11.3 Å². The fourth-order valence-corrected chi connectivity index (χ4v) is 3.53. The molecule has 2 heterocycles. The van der Waals surface area contributed by atoms with Crippen molar-refractivity contribution in [2.24, 2.45) is 7.05 Å². The van der Waals surface area contributed by atoms with Gasteiger partial charge in [0.1, 0.15) is 23.2 Å². The van der Waals surface area contributed by atoms with Crippen LogP contribution in [0.15, 0.2) is 78.4 Å². The average molecular weight is 401 g/mol. The Morgan fingerprint density at radius 1 is 1.14 bits per heavy atom. The van der Waals surface area contributed by atoms with Crippen LogP contribution in [0, 0.1) is 0 Å². The van der Waals surface area contributed by atoms with Crippen LogP contribution in [0.1, 0.15) is 21.9 Å². The lowest BCUT2D eigenvalue weighted by Gasteiger charge is -2.06. The van der Waals surface area contributed by atoms with Crippen molar-refractivity contribution in [1.29, 1.82) is 0 Å². The number of imidazole rings is 1. The number of nitrogens with zero attached hydrogens (tertiary/aromatic N) is 3. The van der Waals surface area contributed by atoms with Crippen LogP contribution >= 0.6 is 11.3 Å². The van der Waals surface area contributed by atoms with Crippen LogP contribution in [0.25, 0.3) is 16.6 Å². The van der Waals surface area contributed by atoms with Gasteiger partial charge in [0.25, 0.3) is 0 Å². The molecule has 0 saturated heterocycles. The summed E-state index contributed by atoms with van der Waals surface area (Å²) in [7, 11) is 1.92. The van der Waals surface area contributed by atoms with Crippen LogP contribution < -0.4 is 4.74 Å². The molecular formula is C23H19N3O2S. The monoisotopic (exact) mass is 401 g/mol. The highest BCUT2D eigenvalue weighted by molar-refractivity contribution is 7.13. The van der Waals surface area contributed by atoms with Gasteiger partial charge in [-0.3, -0.25) is 4.79 Å². The molecule has 4 rings (SSSR count). The number of carbonyl (C=O) groups is 1. The average Bonchev–Trinajstić information content (AvgIpc) is 3.40. The fraction of sp³-hybridized carbons (Fsp3) is 0.0870. The molecule has 0 saturated carbocycles. The van der Waals surface area contributed by atoms with Crippen molar-refractivity contribution < 1.29 is 9.53 Å². The zero-order chi connectivity index (χ0) is 20.1. The number of hydrogen-bond donors (Lipinski definition) is 0. The zero-order valence-electron chi connectivity index (χ0n) is 15.9. The highest BCUT2D eigenvalue weighted by Crippen LogP contribution is 2.24. The van der Waals surface area contributed by atoms with Crippen LogP contribution in [0.2, 0.25) is 0 Å². The van der Waals surface area contributed by atoms with Crippen molar-refractivity contribution in [1.82, 2.24) is 14.5 Å². The van der Waals surface area contributed by atoms with Crippen molar-refractivity contribution in [3.8, 4) is 16.3 Å². The first-order chi connectivity index (χ1) is 14.2. The molecule has 29 heavy (non-hydrogen) atoms. The second-order valence-corrected chi connectivity index (χ2v) is 7.27. The van der Waals surface area contributed by atoms with Crippen molar-refractivity contribution in [2.75, 3.05) is 0 Å². The molecule has 144 valence electrons. The molecule has 0 amide bonds. The van der Waals surface area contributed by atoms with Gasteiger partial charge in [-0.2, -0.15) is 0 Å². The van der Waals surface area contributed by atoms with E-state index >= 15 is 0 Å². The Bertz CT molecular complexity index is 1130. The van der Waals surface area contributed by atoms with Crippen molar-refractivity contribution in [3.05, 3.63) is 95.5 Å². The maximum Gasteiger partial charge on any atom is 0.185 e. The van der Waals surface area contributed by atoms with Gasteiger partial charge >= 0.3 is 0 Å². The molecule has 0 N–H and O–H groups in total. The van der Waals surface area contributed by atoms with Gasteiger partial charge in [0.15, 0.2) is 5.78 Å². The molecule has 6 heteroatoms. The first-order valence-corrected chi connectivity index (χ1v) is 9.99. The van der Waals surface area contributed by atoms with Crippen molar-refractivity contribution in [2.45, 2.75) is 6.61 Å². The van der Waals surface area contributed by atoms with E-state index in [9.17, 15) is 4.79 Å². The molecule has 4 aromatic rings. The second kappa shape index (κ2) is 8.67. The Morgan fingerprint density at radius 3 is 2.66 bits per heavy atom. The Kier molecular flexibility index (Phi) is 5.63. The standard InChI is InChI=1S/C23H19N3O2S/c1-26-14-13-24-22(26)15-28-20-10-7-17(8-11-20)21(27)12-9-19-16-29-23(25-19)18-5-3-2-4-6-18/h2-14,16H,15H2,1H3/b12-9+. The molecule has 0 fully saturated rings. The first-order valence-electron chi connectivity index (χ1n) is 9.11. The molecule has 0 aliphatic carbocycles. The normalized spacial score (nSPS) is 11.1. The quantitative estimate of drug-likeness (QED) is 0.322. The van der Waals surface area contributed by atoms with Crippen LogP contribution in [0.5, 0.6) is 5.75 Å². The summed E-state index contributed by atoms with van der Waals surface area (Å²) in [6, 6.07) is 17.1. The Hall–Kier alpha value is -3.51. The topological polar surface area (TPSA) is 57.0 Å². The number of ether oxygens (including phenoxy) is 1. The number of aryl methyl sites for hydroxylation is 1. The number of carbonyl (C=O) groups excluding carboxylic acids is 1. The van der Waals surface area contributed by atoms with Gasteiger partial charge in [-0.05, 0) is 36.4 Å². The molecule has 0 aliphatic rings. The lowest BCUT2D eigenvalue weighted by molar-refractivity contribution is 0.104. The number of thiazole rings is 1. The Balaban J connectivity index is 1.37. The Labute approximate surface area is 173 Å². The SMILES string of the molecule is Cn1ccnc1COc1ccc(C(=O)/C=C/c2csc(-c3ccccc3)n2)cc1. The number of allylic oxidation sites excluding steroid dienone is 1. The molecule has 0 atom stereocenters. The predicted molar refractivity (Wildman–Crippen MR) is 115 cm³/mol. The molecule has 0 bridgehead atoms. The summed E-state index contributed by atoms with van der Waals surface area (Å²) in [5.74, 6) is 1.46. The lowest BCUT2D eigenvalue weighted by atomic mass is 10.1. The summed E-state index contributed by atoms with van der Waals surface area (Å²) in [4.78, 5) is 21.2. The van der Waals surface area contributed by atoms with E-state index in [1.54, 1.807) is 54.0 Å². The molecule has 2 aromatic heterocycles. The third kappa shape index (κ3) is 4.67. The predicted octanol–water partition coefficient (Wildman–Crippen LogP) is 5.02. The lowest BCUT2D eigenvalue weighted by Crippen LogP contribution is -2.03. The van der Waals surface area contributed by atoms with Crippen LogP contribution in [0.4, 0.5) is 0 Å². The van der Waals surface area contributed by atoms with Gasteiger partial charge in [-0.25, -0.2) is 9.97 Å². The smallest absolute Gasteiger partial charge is 0.185 e. The van der Waals surface area contributed by atoms with Crippen LogP contribution in [-0.4, -0.2) is 20.3 Å². The zero-order valence-corrected chi connectivity index (χ0v) is 16.7. The number of ketones is 1. The molecular weight excluding hydrogens is 382 g/mol. The van der Waals surface area contributed by atoms with E-state index < -0.39 is 0 Å². The molecule has 0 aliphatic heterocycles. The van der Waals surface area contributed by atoms with E-state index in [-0.39, 0.29) is 5.78 Å². The highest BCUT2D eigenvalue weighted by Gasteiger charge is 2.06. The number of benzene rings is 2. The minimum Gasteiger partial charge on any atom is -0.486 e. The third-order valence-electron chi connectivity index (χ3n) is 4.38. The molecule has 0 unspecified atom stereocenters. The van der Waals surface area contributed by atoms with E-state index in [4.69, 9.17) is 4.74 Å². The highest BCUT2D eigenvalue weighted by atomic mass is 32.1. The van der Waals surface area contributed by atoms with E-state index in [2.05, 4.69) is 9.97 Å². The van der Waals surface area contributed by atoms with Crippen LogP contribution in [0.3, 0.4) is 0 Å². The maximum absolute atomic E-state index is 12.4. The fourth-order valence-electron chi connectivity index (χ4n) is 2.73. The minimum absolute atomic E-state index is 0.0742. The Morgan fingerprint density at radius 2 is 1.93 bits per heavy atom. The number of rotatable bonds is 7. The third-order valence-corrected chi connectivity index (χ3v) is 5.29. The minimum atomic E-state index is -0.0742. The summed E-state index contributed by atoms with van der Waals surface area (Å²) in [6.45, 7) is 0.379. The van der Waals surface area contributed by atoms with Gasteiger partial charge < -0.3 is 9.30 Å². The van der Waals surface area contributed by atoms with Crippen LogP contribution in [-0.2, 0) is 13.7 Å². The van der Waals surface area contributed by atoms with Crippen molar-refractivity contribution >= 4 is 23.2 Å². The molecule has 5 nitrogen and oxygen atoms in total. The van der Waals surface area contributed by atoms with Gasteiger partial charge in [0.05, 0.1) is 5.69 Å².